The Kier molecular flexibility index (Phi) is 9.56. The molecule has 0 bridgehead atoms. The summed E-state index contributed by atoms with van der Waals surface area (Å²) in [6.07, 6.45) is 7.43. The van der Waals surface area contributed by atoms with Crippen LogP contribution in [0, 0.1) is 0 Å². The third kappa shape index (κ3) is 10.6. The van der Waals surface area contributed by atoms with Crippen molar-refractivity contribution in [3.63, 3.8) is 0 Å². The van der Waals surface area contributed by atoms with Crippen LogP contribution in [0.1, 0.15) is 72.6 Å². The number of carbonyl (C=O) groups is 1. The van der Waals surface area contributed by atoms with E-state index in [-0.39, 0.29) is 12.1 Å². The second-order valence-corrected chi connectivity index (χ2v) is 7.48. The molecule has 2 unspecified atom stereocenters. The topological polar surface area (TPSA) is 59.6 Å². The van der Waals surface area contributed by atoms with Gasteiger partial charge in [0.05, 0.1) is 0 Å². The van der Waals surface area contributed by atoms with Crippen molar-refractivity contribution >= 4 is 6.09 Å². The van der Waals surface area contributed by atoms with Gasteiger partial charge in [0.1, 0.15) is 5.60 Å². The molecule has 0 aromatic heterocycles. The van der Waals surface area contributed by atoms with Crippen LogP contribution in [0.25, 0.3) is 0 Å². The molecule has 0 saturated heterocycles. The Hall–Kier alpha value is -0.810. The third-order valence-electron chi connectivity index (χ3n) is 3.94. The summed E-state index contributed by atoms with van der Waals surface area (Å²) in [5, 5.41) is 6.60. The second kappa shape index (κ2) is 10.9. The van der Waals surface area contributed by atoms with Crippen LogP contribution in [0.3, 0.4) is 0 Å². The van der Waals surface area contributed by atoms with Crippen molar-refractivity contribution in [2.24, 2.45) is 0 Å². The van der Waals surface area contributed by atoms with Crippen molar-refractivity contribution in [2.75, 3.05) is 19.8 Å². The number of ether oxygens (including phenoxy) is 2. The molecular formula is C18H36N2O3. The molecule has 0 heterocycles. The Bertz CT molecular complexity index is 329. The van der Waals surface area contributed by atoms with Crippen LogP contribution in [0.4, 0.5) is 4.79 Å². The van der Waals surface area contributed by atoms with E-state index in [1.54, 1.807) is 0 Å². The first-order valence-electron chi connectivity index (χ1n) is 9.21. The van der Waals surface area contributed by atoms with E-state index in [1.165, 1.54) is 12.8 Å². The standard InChI is InChI=1S/C18H36N2O3/c1-5-6-12-22-13-8-11-19-15-9-7-10-16(14-15)20-17(21)23-18(2,3)4/h15-16,19H,5-14H2,1-4H3,(H,20,21). The van der Waals surface area contributed by atoms with Crippen LogP contribution in [-0.4, -0.2) is 43.5 Å². The second-order valence-electron chi connectivity index (χ2n) is 7.48. The highest BCUT2D eigenvalue weighted by atomic mass is 16.6. The molecule has 1 amide bonds. The number of unbranched alkanes of at least 4 members (excludes halogenated alkanes) is 1. The fraction of sp³-hybridized carbons (Fsp3) is 0.944. The largest absolute Gasteiger partial charge is 0.444 e. The van der Waals surface area contributed by atoms with Crippen molar-refractivity contribution in [1.82, 2.24) is 10.6 Å². The number of hydrogen-bond acceptors (Lipinski definition) is 4. The minimum atomic E-state index is -0.436. The highest BCUT2D eigenvalue weighted by Crippen LogP contribution is 2.19. The van der Waals surface area contributed by atoms with Crippen molar-refractivity contribution < 1.29 is 14.3 Å². The van der Waals surface area contributed by atoms with E-state index in [2.05, 4.69) is 17.6 Å². The molecule has 0 radical (unpaired) electrons. The Morgan fingerprint density at radius 1 is 1.13 bits per heavy atom. The van der Waals surface area contributed by atoms with Crippen molar-refractivity contribution in [1.29, 1.82) is 0 Å². The monoisotopic (exact) mass is 328 g/mol. The Balaban J connectivity index is 2.13. The van der Waals surface area contributed by atoms with Crippen molar-refractivity contribution in [2.45, 2.75) is 90.3 Å². The highest BCUT2D eigenvalue weighted by Gasteiger charge is 2.25. The van der Waals surface area contributed by atoms with E-state index in [9.17, 15) is 4.79 Å². The summed E-state index contributed by atoms with van der Waals surface area (Å²) in [6, 6.07) is 0.705. The zero-order chi connectivity index (χ0) is 17.1. The van der Waals surface area contributed by atoms with E-state index in [4.69, 9.17) is 9.47 Å². The molecule has 1 rings (SSSR count). The van der Waals surface area contributed by atoms with Gasteiger partial charge in [-0.25, -0.2) is 4.79 Å². The minimum absolute atomic E-state index is 0.219. The lowest BCUT2D eigenvalue weighted by Gasteiger charge is -2.31. The molecule has 2 atom stereocenters. The summed E-state index contributed by atoms with van der Waals surface area (Å²) in [5.41, 5.74) is -0.436. The van der Waals surface area contributed by atoms with Crippen LogP contribution >= 0.6 is 0 Å². The molecule has 5 nitrogen and oxygen atoms in total. The summed E-state index contributed by atoms with van der Waals surface area (Å²) in [4.78, 5) is 11.8. The molecule has 0 spiro atoms. The van der Waals surface area contributed by atoms with Gasteiger partial charge in [-0.2, -0.15) is 0 Å². The first-order chi connectivity index (χ1) is 10.9. The zero-order valence-corrected chi connectivity index (χ0v) is 15.5. The smallest absolute Gasteiger partial charge is 0.407 e. The van der Waals surface area contributed by atoms with Gasteiger partial charge in [0.25, 0.3) is 0 Å². The number of nitrogens with one attached hydrogen (secondary N) is 2. The average Bonchev–Trinajstić information content (AvgIpc) is 2.44. The predicted molar refractivity (Wildman–Crippen MR) is 93.8 cm³/mol. The molecule has 5 heteroatoms. The predicted octanol–water partition coefficient (Wildman–Crippen LogP) is 3.62. The van der Waals surface area contributed by atoms with Gasteiger partial charge in [-0.1, -0.05) is 13.3 Å². The average molecular weight is 328 g/mol. The van der Waals surface area contributed by atoms with Gasteiger partial charge in [-0.05, 0) is 65.8 Å². The van der Waals surface area contributed by atoms with E-state index in [0.29, 0.717) is 6.04 Å². The summed E-state index contributed by atoms with van der Waals surface area (Å²) in [5.74, 6) is 0. The molecule has 0 aliphatic heterocycles. The van der Waals surface area contributed by atoms with Gasteiger partial charge in [0.15, 0.2) is 0 Å². The quantitative estimate of drug-likeness (QED) is 0.635. The van der Waals surface area contributed by atoms with Gasteiger partial charge >= 0.3 is 6.09 Å². The summed E-state index contributed by atoms with van der Waals surface area (Å²) >= 11 is 0. The fourth-order valence-corrected chi connectivity index (χ4v) is 2.81. The number of alkyl carbamates (subject to hydrolysis) is 1. The van der Waals surface area contributed by atoms with Gasteiger partial charge in [0.2, 0.25) is 0 Å². The van der Waals surface area contributed by atoms with E-state index >= 15 is 0 Å². The summed E-state index contributed by atoms with van der Waals surface area (Å²) in [6.45, 7) is 10.5. The number of rotatable bonds is 9. The third-order valence-corrected chi connectivity index (χ3v) is 3.94. The molecule has 2 N–H and O–H groups in total. The van der Waals surface area contributed by atoms with Gasteiger partial charge < -0.3 is 20.1 Å². The molecule has 1 saturated carbocycles. The van der Waals surface area contributed by atoms with Crippen LogP contribution in [0.15, 0.2) is 0 Å². The number of amides is 1. The lowest BCUT2D eigenvalue weighted by molar-refractivity contribution is 0.0488. The first kappa shape index (κ1) is 20.2. The minimum Gasteiger partial charge on any atom is -0.444 e. The maximum atomic E-state index is 11.8. The van der Waals surface area contributed by atoms with Crippen LogP contribution in [0.5, 0.6) is 0 Å². The van der Waals surface area contributed by atoms with Crippen LogP contribution in [-0.2, 0) is 9.47 Å². The van der Waals surface area contributed by atoms with Crippen LogP contribution < -0.4 is 10.6 Å². The first-order valence-corrected chi connectivity index (χ1v) is 9.21. The Morgan fingerprint density at radius 2 is 1.83 bits per heavy atom. The number of carbonyl (C=O) groups excluding carboxylic acids is 1. The lowest BCUT2D eigenvalue weighted by atomic mass is 9.91. The SMILES string of the molecule is CCCCOCCCNC1CCCC(NC(=O)OC(C)(C)C)C1. The van der Waals surface area contributed by atoms with Crippen LogP contribution in [0.2, 0.25) is 0 Å². The fourth-order valence-electron chi connectivity index (χ4n) is 2.81. The Labute approximate surface area is 141 Å². The molecule has 1 fully saturated rings. The summed E-state index contributed by atoms with van der Waals surface area (Å²) in [7, 11) is 0. The molecular weight excluding hydrogens is 292 g/mol. The maximum absolute atomic E-state index is 11.8. The van der Waals surface area contributed by atoms with Crippen molar-refractivity contribution in [3.05, 3.63) is 0 Å². The van der Waals surface area contributed by atoms with E-state index in [0.717, 1.165) is 51.9 Å². The number of hydrogen-bond donors (Lipinski definition) is 2. The van der Waals surface area contributed by atoms with Gasteiger partial charge in [0, 0.05) is 25.3 Å². The normalized spacial score (nSPS) is 21.9. The molecule has 0 aromatic rings. The molecule has 23 heavy (non-hydrogen) atoms. The molecule has 136 valence electrons. The van der Waals surface area contributed by atoms with E-state index in [1.807, 2.05) is 20.8 Å². The summed E-state index contributed by atoms with van der Waals surface area (Å²) < 4.78 is 10.9. The zero-order valence-electron chi connectivity index (χ0n) is 15.5. The van der Waals surface area contributed by atoms with Gasteiger partial charge in [-0.15, -0.1) is 0 Å². The van der Waals surface area contributed by atoms with Gasteiger partial charge in [-0.3, -0.25) is 0 Å². The van der Waals surface area contributed by atoms with E-state index < -0.39 is 5.60 Å². The Morgan fingerprint density at radius 3 is 2.52 bits per heavy atom. The maximum Gasteiger partial charge on any atom is 0.407 e. The molecule has 0 aromatic carbocycles. The van der Waals surface area contributed by atoms with Crippen molar-refractivity contribution in [3.8, 4) is 0 Å². The molecule has 1 aliphatic rings. The molecule has 1 aliphatic carbocycles. The highest BCUT2D eigenvalue weighted by molar-refractivity contribution is 5.68. The lowest BCUT2D eigenvalue weighted by Crippen LogP contribution is -2.45.